The van der Waals surface area contributed by atoms with Crippen molar-refractivity contribution in [3.05, 3.63) is 83.0 Å². The summed E-state index contributed by atoms with van der Waals surface area (Å²) in [4.78, 5) is 36.9. The summed E-state index contributed by atoms with van der Waals surface area (Å²) in [6.07, 6.45) is 16.5. The van der Waals surface area contributed by atoms with Crippen molar-refractivity contribution in [3.63, 3.8) is 0 Å². The molecule has 3 aromatic rings. The molecule has 2 aliphatic rings. The third-order valence-electron chi connectivity index (χ3n) is 7.13. The van der Waals surface area contributed by atoms with Crippen LogP contribution in [0.3, 0.4) is 0 Å². The molecule has 0 atom stereocenters. The quantitative estimate of drug-likeness (QED) is 0.370. The van der Waals surface area contributed by atoms with Crippen molar-refractivity contribution in [3.8, 4) is 11.1 Å². The summed E-state index contributed by atoms with van der Waals surface area (Å²) < 4.78 is 0. The zero-order valence-electron chi connectivity index (χ0n) is 20.2. The number of imide groups is 1. The standard InChI is InChI=1S/C29H30N4O2S/c34-28-26(36-29(35)33-28)18-24-14-16-31-27(32-24)17-21-12-10-20(11-13-21)5-3-7-22-6-1-2-9-25(22)23-8-4-15-30-19-23/h1-2,4,6,8-9,14-16,18-21H,3,5,7,10-13,17H2,(H,33,34,35)/b26-18-. The number of rotatable bonds is 8. The Morgan fingerprint density at radius 2 is 1.81 bits per heavy atom. The first-order chi connectivity index (χ1) is 17.6. The zero-order chi connectivity index (χ0) is 24.7. The third kappa shape index (κ3) is 6.26. The largest absolute Gasteiger partial charge is 0.290 e. The Kier molecular flexibility index (Phi) is 7.86. The first-order valence-electron chi connectivity index (χ1n) is 12.7. The number of hydrogen-bond donors (Lipinski definition) is 1. The van der Waals surface area contributed by atoms with Crippen molar-refractivity contribution in [2.45, 2.75) is 51.4 Å². The molecule has 1 aliphatic carbocycles. The molecule has 0 bridgehead atoms. The van der Waals surface area contributed by atoms with Crippen LogP contribution in [0.5, 0.6) is 0 Å². The molecular weight excluding hydrogens is 468 g/mol. The van der Waals surface area contributed by atoms with Gasteiger partial charge >= 0.3 is 0 Å². The minimum absolute atomic E-state index is 0.338. The second kappa shape index (κ2) is 11.6. The zero-order valence-corrected chi connectivity index (χ0v) is 21.0. The van der Waals surface area contributed by atoms with Gasteiger partial charge in [0.05, 0.1) is 10.6 Å². The highest BCUT2D eigenvalue weighted by atomic mass is 32.2. The molecule has 1 N–H and O–H groups in total. The van der Waals surface area contributed by atoms with Gasteiger partial charge in [-0.2, -0.15) is 0 Å². The Hall–Kier alpha value is -3.32. The normalized spacial score (nSPS) is 21.1. The molecule has 6 nitrogen and oxygen atoms in total. The Morgan fingerprint density at radius 1 is 0.972 bits per heavy atom. The molecule has 1 saturated heterocycles. The maximum Gasteiger partial charge on any atom is 0.290 e. The number of hydrogen-bond acceptors (Lipinski definition) is 6. The van der Waals surface area contributed by atoms with Gasteiger partial charge in [0.15, 0.2) is 0 Å². The van der Waals surface area contributed by atoms with E-state index in [1.54, 1.807) is 18.3 Å². The van der Waals surface area contributed by atoms with Crippen molar-refractivity contribution in [2.24, 2.45) is 11.8 Å². The van der Waals surface area contributed by atoms with Crippen LogP contribution >= 0.6 is 11.8 Å². The van der Waals surface area contributed by atoms with Gasteiger partial charge in [0.25, 0.3) is 11.1 Å². The molecule has 184 valence electrons. The van der Waals surface area contributed by atoms with Crippen molar-refractivity contribution < 1.29 is 9.59 Å². The molecule has 0 radical (unpaired) electrons. The molecule has 2 fully saturated rings. The van der Waals surface area contributed by atoms with Gasteiger partial charge in [-0.05, 0) is 78.6 Å². The van der Waals surface area contributed by atoms with E-state index in [-0.39, 0.29) is 11.1 Å². The minimum atomic E-state index is -0.357. The van der Waals surface area contributed by atoms with Crippen molar-refractivity contribution in [1.82, 2.24) is 20.3 Å². The van der Waals surface area contributed by atoms with E-state index in [9.17, 15) is 9.59 Å². The molecule has 36 heavy (non-hydrogen) atoms. The number of amides is 2. The molecule has 0 spiro atoms. The Labute approximate surface area is 216 Å². The number of thioether (sulfide) groups is 1. The predicted octanol–water partition coefficient (Wildman–Crippen LogP) is 6.23. The fraction of sp³-hybridized carbons (Fsp3) is 0.345. The van der Waals surface area contributed by atoms with Crippen LogP contribution in [0.1, 0.15) is 55.6 Å². The van der Waals surface area contributed by atoms with Gasteiger partial charge in [-0.1, -0.05) is 49.6 Å². The van der Waals surface area contributed by atoms with Crippen LogP contribution in [0, 0.1) is 11.8 Å². The molecule has 3 heterocycles. The second-order valence-electron chi connectivity index (χ2n) is 9.63. The molecule has 0 unspecified atom stereocenters. The molecule has 2 aromatic heterocycles. The van der Waals surface area contributed by atoms with Gasteiger partial charge < -0.3 is 0 Å². The van der Waals surface area contributed by atoms with Gasteiger partial charge in [0.2, 0.25) is 0 Å². The number of aryl methyl sites for hydroxylation is 1. The number of nitrogens with one attached hydrogen (secondary N) is 1. The first kappa shape index (κ1) is 24.4. The summed E-state index contributed by atoms with van der Waals surface area (Å²) in [5.41, 5.74) is 4.57. The first-order valence-corrected chi connectivity index (χ1v) is 13.5. The van der Waals surface area contributed by atoms with Crippen molar-refractivity contribution in [2.75, 3.05) is 0 Å². The topological polar surface area (TPSA) is 84.8 Å². The van der Waals surface area contributed by atoms with E-state index in [0.29, 0.717) is 16.5 Å². The van der Waals surface area contributed by atoms with Gasteiger partial charge in [-0.15, -0.1) is 0 Å². The molecule has 1 aliphatic heterocycles. The highest BCUT2D eigenvalue weighted by Gasteiger charge is 2.25. The molecule has 1 aromatic carbocycles. The highest BCUT2D eigenvalue weighted by Crippen LogP contribution is 2.34. The average Bonchev–Trinajstić information content (AvgIpc) is 3.22. The number of carbonyl (C=O) groups is 2. The lowest BCUT2D eigenvalue weighted by Crippen LogP contribution is -2.18. The summed E-state index contributed by atoms with van der Waals surface area (Å²) in [5, 5.41) is 1.94. The number of nitrogens with zero attached hydrogens (tertiary/aromatic N) is 3. The maximum atomic E-state index is 11.8. The van der Waals surface area contributed by atoms with Crippen LogP contribution in [-0.2, 0) is 17.6 Å². The smallest absolute Gasteiger partial charge is 0.282 e. The number of aromatic nitrogens is 3. The van der Waals surface area contributed by atoms with Gasteiger partial charge in [-0.25, -0.2) is 9.97 Å². The van der Waals surface area contributed by atoms with Crippen molar-refractivity contribution in [1.29, 1.82) is 0 Å². The third-order valence-corrected chi connectivity index (χ3v) is 7.94. The lowest BCUT2D eigenvalue weighted by Gasteiger charge is -2.28. The van der Waals surface area contributed by atoms with Crippen LogP contribution in [0.2, 0.25) is 0 Å². The van der Waals surface area contributed by atoms with Gasteiger partial charge in [0, 0.05) is 30.6 Å². The summed E-state index contributed by atoms with van der Waals surface area (Å²) >= 11 is 0.913. The van der Waals surface area contributed by atoms with Crippen molar-refractivity contribution >= 4 is 29.0 Å². The Bertz CT molecular complexity index is 1250. The van der Waals surface area contributed by atoms with E-state index in [1.165, 1.54) is 55.2 Å². The highest BCUT2D eigenvalue weighted by molar-refractivity contribution is 8.18. The van der Waals surface area contributed by atoms with Gasteiger partial charge in [0.1, 0.15) is 5.82 Å². The fourth-order valence-electron chi connectivity index (χ4n) is 5.25. The summed E-state index contributed by atoms with van der Waals surface area (Å²) in [5.74, 6) is 1.85. The van der Waals surface area contributed by atoms with E-state index in [4.69, 9.17) is 0 Å². The molecule has 1 saturated carbocycles. The van der Waals surface area contributed by atoms with E-state index < -0.39 is 0 Å². The fourth-order valence-corrected chi connectivity index (χ4v) is 5.92. The Morgan fingerprint density at radius 3 is 2.58 bits per heavy atom. The SMILES string of the molecule is O=C1NC(=O)/C(=C/c2ccnc(CC3CCC(CCCc4ccccc4-c4cccnc4)CC3)n2)S1. The van der Waals surface area contributed by atoms with Crippen LogP contribution in [0.15, 0.2) is 66.0 Å². The molecule has 2 amide bonds. The Balaban J connectivity index is 1.09. The molecule has 7 heteroatoms. The molecular formula is C29H30N4O2S. The van der Waals surface area contributed by atoms with Crippen LogP contribution in [0.25, 0.3) is 17.2 Å². The number of benzene rings is 1. The van der Waals surface area contributed by atoms with Crippen LogP contribution < -0.4 is 5.32 Å². The summed E-state index contributed by atoms with van der Waals surface area (Å²) in [6.45, 7) is 0. The second-order valence-corrected chi connectivity index (χ2v) is 10.6. The molecule has 5 rings (SSSR count). The van der Waals surface area contributed by atoms with Crippen LogP contribution in [0.4, 0.5) is 4.79 Å². The summed E-state index contributed by atoms with van der Waals surface area (Å²) in [6, 6.07) is 14.6. The number of pyridine rings is 1. The monoisotopic (exact) mass is 498 g/mol. The van der Waals surface area contributed by atoms with E-state index in [0.717, 1.165) is 36.3 Å². The summed E-state index contributed by atoms with van der Waals surface area (Å²) in [7, 11) is 0. The van der Waals surface area contributed by atoms with E-state index in [2.05, 4.69) is 50.6 Å². The van der Waals surface area contributed by atoms with Crippen LogP contribution in [-0.4, -0.2) is 26.1 Å². The van der Waals surface area contributed by atoms with Gasteiger partial charge in [-0.3, -0.25) is 19.9 Å². The minimum Gasteiger partial charge on any atom is -0.282 e. The van der Waals surface area contributed by atoms with E-state index >= 15 is 0 Å². The average molecular weight is 499 g/mol. The predicted molar refractivity (Wildman–Crippen MR) is 143 cm³/mol. The lowest BCUT2D eigenvalue weighted by atomic mass is 9.78. The number of carbonyl (C=O) groups excluding carboxylic acids is 2. The van der Waals surface area contributed by atoms with E-state index in [1.807, 2.05) is 18.5 Å². The lowest BCUT2D eigenvalue weighted by molar-refractivity contribution is -0.115. The maximum absolute atomic E-state index is 11.8.